The number of rotatable bonds is 5. The van der Waals surface area contributed by atoms with Crippen molar-refractivity contribution in [2.45, 2.75) is 25.1 Å². The van der Waals surface area contributed by atoms with Gasteiger partial charge in [0, 0.05) is 20.1 Å². The maximum atomic E-state index is 5.86. The number of halogens is 1. The zero-order valence-corrected chi connectivity index (χ0v) is 9.36. The molecule has 0 aromatic carbocycles. The predicted octanol–water partition coefficient (Wildman–Crippen LogP) is 2.42. The van der Waals surface area contributed by atoms with Crippen molar-refractivity contribution in [1.82, 2.24) is 10.2 Å². The van der Waals surface area contributed by atoms with E-state index >= 15 is 0 Å². The van der Waals surface area contributed by atoms with Crippen molar-refractivity contribution in [1.29, 1.82) is 0 Å². The molecule has 74 valence electrons. The van der Waals surface area contributed by atoms with E-state index in [1.54, 1.807) is 18.4 Å². The molecule has 0 amide bonds. The highest BCUT2D eigenvalue weighted by Crippen LogP contribution is 2.23. The number of nitrogens with zero attached hydrogens (tertiary/aromatic N) is 2. The van der Waals surface area contributed by atoms with Crippen molar-refractivity contribution in [3.8, 4) is 0 Å². The van der Waals surface area contributed by atoms with Crippen LogP contribution in [0.2, 0.25) is 0 Å². The van der Waals surface area contributed by atoms with Gasteiger partial charge in [-0.15, -0.1) is 21.8 Å². The summed E-state index contributed by atoms with van der Waals surface area (Å²) in [7, 11) is 1.70. The molecule has 13 heavy (non-hydrogen) atoms. The fourth-order valence-electron chi connectivity index (χ4n) is 0.896. The summed E-state index contributed by atoms with van der Waals surface area (Å²) in [5.74, 6) is 0. The first-order valence-electron chi connectivity index (χ1n) is 4.19. The third-order valence-corrected chi connectivity index (χ3v) is 3.06. The van der Waals surface area contributed by atoms with Crippen molar-refractivity contribution >= 4 is 22.9 Å². The zero-order chi connectivity index (χ0) is 9.68. The first-order chi connectivity index (χ1) is 6.24. The quantitative estimate of drug-likeness (QED) is 0.565. The van der Waals surface area contributed by atoms with E-state index in [1.807, 2.05) is 6.92 Å². The molecule has 0 N–H and O–H groups in total. The molecule has 3 nitrogen and oxygen atoms in total. The zero-order valence-electron chi connectivity index (χ0n) is 7.79. The minimum absolute atomic E-state index is 0.0336. The molecule has 1 aromatic rings. The van der Waals surface area contributed by atoms with E-state index in [1.165, 1.54) is 0 Å². The number of aromatic nitrogens is 2. The maximum absolute atomic E-state index is 5.86. The van der Waals surface area contributed by atoms with Crippen LogP contribution in [0, 0.1) is 0 Å². The van der Waals surface area contributed by atoms with E-state index in [9.17, 15) is 0 Å². The Morgan fingerprint density at radius 3 is 2.85 bits per heavy atom. The minimum Gasteiger partial charge on any atom is -0.385 e. The number of hydrogen-bond donors (Lipinski definition) is 0. The molecule has 0 spiro atoms. The largest absolute Gasteiger partial charge is 0.385 e. The lowest BCUT2D eigenvalue weighted by atomic mass is 10.3. The van der Waals surface area contributed by atoms with E-state index in [0.717, 1.165) is 29.5 Å². The standard InChI is InChI=1S/C8H13ClN2OS/c1-6(9)8-11-10-7(13-8)4-3-5-12-2/h6H,3-5H2,1-2H3. The first kappa shape index (κ1) is 10.9. The second-order valence-electron chi connectivity index (χ2n) is 2.75. The summed E-state index contributed by atoms with van der Waals surface area (Å²) in [6.07, 6.45) is 1.91. The molecule has 0 aliphatic carbocycles. The third kappa shape index (κ3) is 3.58. The molecule has 0 aliphatic rings. The van der Waals surface area contributed by atoms with E-state index in [-0.39, 0.29) is 5.38 Å². The molecular formula is C8H13ClN2OS. The SMILES string of the molecule is COCCCc1nnc(C(C)Cl)s1. The third-order valence-electron chi connectivity index (χ3n) is 1.56. The summed E-state index contributed by atoms with van der Waals surface area (Å²) < 4.78 is 4.95. The van der Waals surface area contributed by atoms with Crippen molar-refractivity contribution in [3.05, 3.63) is 10.0 Å². The lowest BCUT2D eigenvalue weighted by molar-refractivity contribution is 0.195. The van der Waals surface area contributed by atoms with Crippen molar-refractivity contribution in [3.63, 3.8) is 0 Å². The Balaban J connectivity index is 2.40. The normalized spacial score (nSPS) is 13.2. The maximum Gasteiger partial charge on any atom is 0.135 e. The van der Waals surface area contributed by atoms with Crippen molar-refractivity contribution in [2.24, 2.45) is 0 Å². The van der Waals surface area contributed by atoms with Gasteiger partial charge in [-0.3, -0.25) is 0 Å². The van der Waals surface area contributed by atoms with E-state index in [4.69, 9.17) is 16.3 Å². The Hall–Kier alpha value is -0.190. The molecule has 0 saturated heterocycles. The number of ether oxygens (including phenoxy) is 1. The lowest BCUT2D eigenvalue weighted by Crippen LogP contribution is -1.91. The molecule has 1 unspecified atom stereocenters. The van der Waals surface area contributed by atoms with Crippen LogP contribution in [0.1, 0.15) is 28.7 Å². The van der Waals surface area contributed by atoms with E-state index < -0.39 is 0 Å². The van der Waals surface area contributed by atoms with Crippen molar-refractivity contribution in [2.75, 3.05) is 13.7 Å². The molecule has 0 saturated carbocycles. The van der Waals surface area contributed by atoms with E-state index in [2.05, 4.69) is 10.2 Å². The topological polar surface area (TPSA) is 35.0 Å². The molecule has 0 aliphatic heterocycles. The average molecular weight is 221 g/mol. The van der Waals surface area contributed by atoms with Crippen LogP contribution in [0.5, 0.6) is 0 Å². The van der Waals surface area contributed by atoms with E-state index in [0.29, 0.717) is 0 Å². The summed E-state index contributed by atoms with van der Waals surface area (Å²) >= 11 is 7.44. The van der Waals surface area contributed by atoms with Gasteiger partial charge in [0.25, 0.3) is 0 Å². The average Bonchev–Trinajstić information content (AvgIpc) is 2.53. The summed E-state index contributed by atoms with van der Waals surface area (Å²) in [5, 5.41) is 9.93. The molecule has 5 heteroatoms. The van der Waals surface area contributed by atoms with Gasteiger partial charge in [0.15, 0.2) is 0 Å². The van der Waals surface area contributed by atoms with Crippen LogP contribution >= 0.6 is 22.9 Å². The Morgan fingerprint density at radius 2 is 2.31 bits per heavy atom. The van der Waals surface area contributed by atoms with Gasteiger partial charge in [-0.25, -0.2) is 0 Å². The van der Waals surface area contributed by atoms with Crippen LogP contribution in [-0.4, -0.2) is 23.9 Å². The Kier molecular flexibility index (Phi) is 4.62. The molecular weight excluding hydrogens is 208 g/mol. The van der Waals surface area contributed by atoms with Crippen molar-refractivity contribution < 1.29 is 4.74 Å². The van der Waals surface area contributed by atoms with Gasteiger partial charge >= 0.3 is 0 Å². The number of alkyl halides is 1. The van der Waals surface area contributed by atoms with Crippen LogP contribution in [0.25, 0.3) is 0 Å². The van der Waals surface area contributed by atoms with Gasteiger partial charge in [0.2, 0.25) is 0 Å². The summed E-state index contributed by atoms with van der Waals surface area (Å²) in [5.41, 5.74) is 0. The monoisotopic (exact) mass is 220 g/mol. The Morgan fingerprint density at radius 1 is 1.54 bits per heavy atom. The molecule has 1 atom stereocenters. The predicted molar refractivity (Wildman–Crippen MR) is 54.4 cm³/mol. The first-order valence-corrected chi connectivity index (χ1v) is 5.44. The van der Waals surface area contributed by atoms with Crippen LogP contribution in [0.15, 0.2) is 0 Å². The van der Waals surface area contributed by atoms with Gasteiger partial charge in [-0.2, -0.15) is 0 Å². The summed E-state index contributed by atoms with van der Waals surface area (Å²) in [6.45, 7) is 2.67. The molecule has 1 aromatic heterocycles. The fraction of sp³-hybridized carbons (Fsp3) is 0.750. The summed E-state index contributed by atoms with van der Waals surface area (Å²) in [6, 6.07) is 0. The lowest BCUT2D eigenvalue weighted by Gasteiger charge is -1.94. The fourth-order valence-corrected chi connectivity index (χ4v) is 1.89. The molecule has 1 rings (SSSR count). The number of aryl methyl sites for hydroxylation is 1. The Labute approximate surface area is 87.1 Å². The number of methoxy groups -OCH3 is 1. The van der Waals surface area contributed by atoms with Crippen LogP contribution in [-0.2, 0) is 11.2 Å². The van der Waals surface area contributed by atoms with Gasteiger partial charge < -0.3 is 4.74 Å². The molecule has 0 bridgehead atoms. The highest BCUT2D eigenvalue weighted by molar-refractivity contribution is 7.11. The molecule has 0 fully saturated rings. The van der Waals surface area contributed by atoms with Gasteiger partial charge in [0.05, 0.1) is 5.38 Å². The molecule has 0 radical (unpaired) electrons. The minimum atomic E-state index is -0.0336. The van der Waals surface area contributed by atoms with Crippen LogP contribution in [0.4, 0.5) is 0 Å². The number of hydrogen-bond acceptors (Lipinski definition) is 4. The Bertz CT molecular complexity index is 252. The van der Waals surface area contributed by atoms with Gasteiger partial charge in [0.1, 0.15) is 10.0 Å². The second kappa shape index (κ2) is 5.52. The second-order valence-corrected chi connectivity index (χ2v) is 4.49. The van der Waals surface area contributed by atoms with Crippen LogP contribution in [0.3, 0.4) is 0 Å². The summed E-state index contributed by atoms with van der Waals surface area (Å²) in [4.78, 5) is 0. The van der Waals surface area contributed by atoms with Gasteiger partial charge in [-0.05, 0) is 13.3 Å². The van der Waals surface area contributed by atoms with Crippen LogP contribution < -0.4 is 0 Å². The smallest absolute Gasteiger partial charge is 0.135 e. The molecule has 1 heterocycles. The van der Waals surface area contributed by atoms with Gasteiger partial charge in [-0.1, -0.05) is 11.3 Å². The highest BCUT2D eigenvalue weighted by Gasteiger charge is 2.08. The highest BCUT2D eigenvalue weighted by atomic mass is 35.5.